The van der Waals surface area contributed by atoms with Crippen LogP contribution in [0.1, 0.15) is 30.9 Å². The minimum atomic E-state index is -1.86. The van der Waals surface area contributed by atoms with Crippen LogP contribution in [0.15, 0.2) is 30.4 Å². The van der Waals surface area contributed by atoms with Crippen molar-refractivity contribution in [1.29, 1.82) is 0 Å². The predicted octanol–water partition coefficient (Wildman–Crippen LogP) is -1.58. The van der Waals surface area contributed by atoms with Gasteiger partial charge in [-0.1, -0.05) is 6.07 Å². The number of nitrogens with one attached hydrogen (secondary N) is 1. The molecule has 5 atom stereocenters. The Hall–Kier alpha value is -3.93. The van der Waals surface area contributed by atoms with E-state index in [0.29, 0.717) is 38.2 Å². The van der Waals surface area contributed by atoms with E-state index in [0.717, 1.165) is 22.6 Å². The fraction of sp³-hybridized carbons (Fsp3) is 0.552. The summed E-state index contributed by atoms with van der Waals surface area (Å²) in [7, 11) is 0. The third kappa shape index (κ3) is 10.9. The van der Waals surface area contributed by atoms with Gasteiger partial charge in [0.1, 0.15) is 30.7 Å². The first-order valence-electron chi connectivity index (χ1n) is 14.3. The summed E-state index contributed by atoms with van der Waals surface area (Å²) in [6.07, 6.45) is -5.33. The molecule has 2 aliphatic heterocycles. The number of aliphatic carboxylic acids is 1. The molecule has 5 N–H and O–H groups in total. The lowest BCUT2D eigenvalue weighted by Gasteiger charge is -2.38. The monoisotopic (exact) mass is 638 g/mol. The highest BCUT2D eigenvalue weighted by molar-refractivity contribution is 6.13. The SMILES string of the molecule is CC(=O)OCc1cc(CCCOCCOCCNC(=O)CCN2C(=O)C=CC2=O)ccc1OC1O[C@H](C(=O)O)[C@@H](O)[C@H](O)C1O. The molecular formula is C29H38N2O14. The number of carboxylic acids is 1. The molecule has 2 heterocycles. The highest BCUT2D eigenvalue weighted by atomic mass is 16.7. The van der Waals surface area contributed by atoms with Crippen LogP contribution in [0, 0.1) is 0 Å². The topological polar surface area (TPSA) is 228 Å². The van der Waals surface area contributed by atoms with Gasteiger partial charge in [0.25, 0.3) is 11.8 Å². The van der Waals surface area contributed by atoms with Crippen LogP contribution in [0.25, 0.3) is 0 Å². The van der Waals surface area contributed by atoms with Crippen molar-refractivity contribution in [3.05, 3.63) is 41.5 Å². The summed E-state index contributed by atoms with van der Waals surface area (Å²) in [5.74, 6) is -3.14. The molecule has 0 spiro atoms. The molecule has 3 amide bonds. The maximum absolute atomic E-state index is 11.9. The molecule has 45 heavy (non-hydrogen) atoms. The van der Waals surface area contributed by atoms with Crippen molar-refractivity contribution in [3.63, 3.8) is 0 Å². The minimum Gasteiger partial charge on any atom is -0.479 e. The molecule has 3 rings (SSSR count). The number of hydrogen-bond donors (Lipinski definition) is 5. The van der Waals surface area contributed by atoms with Gasteiger partial charge in [-0.15, -0.1) is 0 Å². The number of benzene rings is 1. The molecule has 0 aliphatic carbocycles. The van der Waals surface area contributed by atoms with Gasteiger partial charge in [0.05, 0.1) is 19.8 Å². The van der Waals surface area contributed by atoms with E-state index < -0.39 is 54.5 Å². The van der Waals surface area contributed by atoms with Crippen LogP contribution < -0.4 is 10.1 Å². The minimum absolute atomic E-state index is 0.00365. The second-order valence-electron chi connectivity index (χ2n) is 10.2. The van der Waals surface area contributed by atoms with E-state index in [-0.39, 0.29) is 44.4 Å². The molecule has 0 bridgehead atoms. The van der Waals surface area contributed by atoms with Crippen LogP contribution in [-0.2, 0) is 55.9 Å². The molecule has 248 valence electrons. The molecule has 1 saturated heterocycles. The molecule has 16 heteroatoms. The van der Waals surface area contributed by atoms with Crippen LogP contribution in [0.2, 0.25) is 0 Å². The predicted molar refractivity (Wildman–Crippen MR) is 150 cm³/mol. The van der Waals surface area contributed by atoms with Gasteiger partial charge in [0.15, 0.2) is 6.10 Å². The molecule has 16 nitrogen and oxygen atoms in total. The van der Waals surface area contributed by atoms with Crippen molar-refractivity contribution >= 4 is 29.7 Å². The summed E-state index contributed by atoms with van der Waals surface area (Å²) in [5, 5.41) is 42.1. The van der Waals surface area contributed by atoms with Crippen molar-refractivity contribution in [2.24, 2.45) is 0 Å². The zero-order valence-corrected chi connectivity index (χ0v) is 24.7. The smallest absolute Gasteiger partial charge is 0.335 e. The maximum Gasteiger partial charge on any atom is 0.335 e. The Bertz CT molecular complexity index is 1220. The summed E-state index contributed by atoms with van der Waals surface area (Å²) in [4.78, 5) is 58.6. The number of rotatable bonds is 18. The van der Waals surface area contributed by atoms with Crippen molar-refractivity contribution in [2.75, 3.05) is 39.5 Å². The van der Waals surface area contributed by atoms with E-state index in [4.69, 9.17) is 23.7 Å². The molecule has 0 aromatic heterocycles. The molecule has 0 saturated carbocycles. The van der Waals surface area contributed by atoms with Crippen LogP contribution in [0.3, 0.4) is 0 Å². The lowest BCUT2D eigenvalue weighted by Crippen LogP contribution is -2.61. The van der Waals surface area contributed by atoms with Crippen LogP contribution in [0.4, 0.5) is 0 Å². The molecule has 1 fully saturated rings. The maximum atomic E-state index is 11.9. The van der Waals surface area contributed by atoms with Crippen molar-refractivity contribution in [2.45, 2.75) is 63.5 Å². The van der Waals surface area contributed by atoms with Crippen molar-refractivity contribution < 1.29 is 68.1 Å². The number of carbonyl (C=O) groups excluding carboxylic acids is 4. The Kier molecular flexibility index (Phi) is 13.8. The lowest BCUT2D eigenvalue weighted by molar-refractivity contribution is -0.271. The van der Waals surface area contributed by atoms with E-state index in [1.165, 1.54) is 13.0 Å². The second kappa shape index (κ2) is 17.5. The van der Waals surface area contributed by atoms with Gasteiger partial charge in [0.2, 0.25) is 12.2 Å². The third-order valence-electron chi connectivity index (χ3n) is 6.77. The van der Waals surface area contributed by atoms with Crippen LogP contribution in [-0.4, -0.2) is 125 Å². The molecule has 1 aromatic rings. The Labute approximate surface area is 258 Å². The Balaban J connectivity index is 1.35. The largest absolute Gasteiger partial charge is 0.479 e. The average molecular weight is 639 g/mol. The quantitative estimate of drug-likeness (QED) is 0.0695. The number of carbonyl (C=O) groups is 5. The fourth-order valence-corrected chi connectivity index (χ4v) is 4.39. The molecule has 1 aromatic carbocycles. The highest BCUT2D eigenvalue weighted by Gasteiger charge is 2.48. The van der Waals surface area contributed by atoms with Gasteiger partial charge in [-0.25, -0.2) is 4.79 Å². The van der Waals surface area contributed by atoms with Gasteiger partial charge in [0, 0.05) is 50.8 Å². The summed E-state index contributed by atoms with van der Waals surface area (Å²) >= 11 is 0. The summed E-state index contributed by atoms with van der Waals surface area (Å²) in [5.41, 5.74) is 1.25. The number of hydrogen-bond acceptors (Lipinski definition) is 13. The molecular weight excluding hydrogens is 600 g/mol. The number of aliphatic hydroxyl groups is 3. The number of aryl methyl sites for hydroxylation is 1. The Morgan fingerprint density at radius 1 is 0.956 bits per heavy atom. The number of esters is 1. The van der Waals surface area contributed by atoms with Gasteiger partial charge >= 0.3 is 11.9 Å². The summed E-state index contributed by atoms with van der Waals surface area (Å²) in [6.45, 7) is 2.64. The van der Waals surface area contributed by atoms with Crippen molar-refractivity contribution in [1.82, 2.24) is 10.2 Å². The van der Waals surface area contributed by atoms with Crippen LogP contribution >= 0.6 is 0 Å². The first-order chi connectivity index (χ1) is 21.5. The zero-order valence-electron chi connectivity index (χ0n) is 24.7. The molecule has 2 unspecified atom stereocenters. The Morgan fingerprint density at radius 2 is 1.64 bits per heavy atom. The standard InChI is InChI=1S/C29H38N2O14/c1-17(32)43-16-19-15-18(4-5-20(19)44-29-26(38)24(36)25(37)27(45-29)28(39)40)3-2-11-41-13-14-42-12-9-30-21(33)8-10-31-22(34)6-7-23(31)35/h4-7,15,24-27,29,36-38H,2-3,8-14,16H2,1H3,(H,30,33)(H,39,40)/t24-,25-,26?,27-,29?/m0/s1. The summed E-state index contributed by atoms with van der Waals surface area (Å²) in [6, 6.07) is 4.97. The van der Waals surface area contributed by atoms with Crippen molar-refractivity contribution in [3.8, 4) is 5.75 Å². The number of carboxylic acid groups (broad SMARTS) is 1. The van der Waals surface area contributed by atoms with Gasteiger partial charge in [-0.3, -0.25) is 24.1 Å². The van der Waals surface area contributed by atoms with E-state index in [2.05, 4.69) is 5.32 Å². The first kappa shape index (κ1) is 35.5. The Morgan fingerprint density at radius 3 is 2.31 bits per heavy atom. The van der Waals surface area contributed by atoms with Gasteiger partial charge in [-0.2, -0.15) is 0 Å². The number of nitrogens with zero attached hydrogens (tertiary/aromatic N) is 1. The molecule has 0 radical (unpaired) electrons. The number of ether oxygens (including phenoxy) is 5. The lowest BCUT2D eigenvalue weighted by atomic mass is 9.99. The van der Waals surface area contributed by atoms with Gasteiger partial charge < -0.3 is 49.4 Å². The number of aliphatic hydroxyl groups excluding tert-OH is 3. The number of amides is 3. The average Bonchev–Trinajstić information content (AvgIpc) is 3.32. The highest BCUT2D eigenvalue weighted by Crippen LogP contribution is 2.28. The van der Waals surface area contributed by atoms with E-state index in [1.807, 2.05) is 0 Å². The summed E-state index contributed by atoms with van der Waals surface area (Å²) < 4.78 is 26.9. The van der Waals surface area contributed by atoms with E-state index >= 15 is 0 Å². The van der Waals surface area contributed by atoms with E-state index in [9.17, 15) is 44.4 Å². The van der Waals surface area contributed by atoms with Crippen LogP contribution in [0.5, 0.6) is 5.75 Å². The first-order valence-corrected chi connectivity index (χ1v) is 14.3. The third-order valence-corrected chi connectivity index (χ3v) is 6.77. The van der Waals surface area contributed by atoms with Gasteiger partial charge in [-0.05, 0) is 30.5 Å². The fourth-order valence-electron chi connectivity index (χ4n) is 4.39. The zero-order chi connectivity index (χ0) is 32.9. The molecule has 2 aliphatic rings. The number of imide groups is 1. The second-order valence-corrected chi connectivity index (χ2v) is 10.2. The normalized spacial score (nSPS) is 22.8. The van der Waals surface area contributed by atoms with E-state index in [1.54, 1.807) is 12.1 Å².